The monoisotopic (exact) mass is 319 g/mol. The lowest BCUT2D eigenvalue weighted by Gasteiger charge is -2.21. The normalized spacial score (nSPS) is 19.1. The maximum atomic E-state index is 11.2. The molecule has 0 N–H and O–H groups in total. The molecule has 0 aliphatic carbocycles. The van der Waals surface area contributed by atoms with E-state index in [4.69, 9.17) is 20.5 Å². The van der Waals surface area contributed by atoms with Gasteiger partial charge in [0, 0.05) is 13.3 Å². The van der Waals surface area contributed by atoms with E-state index in [0.29, 0.717) is 23.9 Å². The van der Waals surface area contributed by atoms with Crippen molar-refractivity contribution in [2.24, 2.45) is 5.10 Å². The van der Waals surface area contributed by atoms with Crippen molar-refractivity contribution >= 4 is 33.4 Å². The Morgan fingerprint density at radius 1 is 1.55 bits per heavy atom. The molecular weight excluding hydrogens is 306 g/mol. The Hall–Kier alpha value is -1.38. The zero-order chi connectivity index (χ0) is 14.8. The molecule has 0 spiro atoms. The number of nitrogens with zero attached hydrogens (tertiary/aromatic N) is 3. The van der Waals surface area contributed by atoms with Crippen molar-refractivity contribution in [2.75, 3.05) is 25.0 Å². The molecule has 7 nitrogen and oxygen atoms in total. The van der Waals surface area contributed by atoms with Crippen LogP contribution < -0.4 is 5.01 Å². The molecule has 0 radical (unpaired) electrons. The molecule has 1 aliphatic heterocycles. The van der Waals surface area contributed by atoms with Crippen LogP contribution in [0.4, 0.5) is 5.82 Å². The van der Waals surface area contributed by atoms with Gasteiger partial charge >= 0.3 is 10.1 Å². The summed E-state index contributed by atoms with van der Waals surface area (Å²) in [4.78, 5) is 4.15. The third kappa shape index (κ3) is 3.59. The Morgan fingerprint density at radius 3 is 2.90 bits per heavy atom. The van der Waals surface area contributed by atoms with Gasteiger partial charge in [0.1, 0.15) is 0 Å². The summed E-state index contributed by atoms with van der Waals surface area (Å²) in [6, 6.07) is 3.16. The third-order valence-electron chi connectivity index (χ3n) is 2.54. The van der Waals surface area contributed by atoms with Crippen molar-refractivity contribution in [3.8, 4) is 0 Å². The number of pyridine rings is 1. The summed E-state index contributed by atoms with van der Waals surface area (Å²) in [5.74, 6) is 0.527. The number of hydrogen-bond donors (Lipinski definition) is 0. The largest absolute Gasteiger partial charge is 0.382 e. The van der Waals surface area contributed by atoms with Gasteiger partial charge in [-0.05, 0) is 12.1 Å². The first-order valence-electron chi connectivity index (χ1n) is 5.76. The molecule has 0 fully saturated rings. The van der Waals surface area contributed by atoms with E-state index in [9.17, 15) is 8.42 Å². The molecule has 0 saturated heterocycles. The lowest BCUT2D eigenvalue weighted by Crippen LogP contribution is -2.31. The lowest BCUT2D eigenvalue weighted by molar-refractivity contribution is 0.180. The van der Waals surface area contributed by atoms with Crippen LogP contribution in [0.5, 0.6) is 0 Å². The summed E-state index contributed by atoms with van der Waals surface area (Å²) in [5.41, 5.74) is 0. The van der Waals surface area contributed by atoms with Crippen LogP contribution in [0, 0.1) is 0 Å². The minimum absolute atomic E-state index is 0.0938. The number of ether oxygens (including phenoxy) is 1. The van der Waals surface area contributed by atoms with Crippen molar-refractivity contribution in [3.05, 3.63) is 23.4 Å². The summed E-state index contributed by atoms with van der Waals surface area (Å²) in [7, 11) is -2.06. The number of methoxy groups -OCH3 is 1. The van der Waals surface area contributed by atoms with Gasteiger partial charge in [0.2, 0.25) is 5.90 Å². The molecule has 1 aromatic rings. The molecule has 1 aromatic heterocycles. The smallest absolute Gasteiger partial charge is 0.307 e. The van der Waals surface area contributed by atoms with E-state index in [0.717, 1.165) is 6.26 Å². The highest BCUT2D eigenvalue weighted by molar-refractivity contribution is 7.86. The molecule has 0 aromatic carbocycles. The van der Waals surface area contributed by atoms with Gasteiger partial charge < -0.3 is 8.92 Å². The predicted octanol–water partition coefficient (Wildman–Crippen LogP) is 1.25. The predicted molar refractivity (Wildman–Crippen MR) is 75.4 cm³/mol. The van der Waals surface area contributed by atoms with E-state index in [1.54, 1.807) is 25.4 Å². The van der Waals surface area contributed by atoms with Crippen molar-refractivity contribution in [1.82, 2.24) is 4.98 Å². The minimum atomic E-state index is -3.61. The second-order valence-electron chi connectivity index (χ2n) is 4.25. The molecule has 20 heavy (non-hydrogen) atoms. The fraction of sp³-hybridized carbons (Fsp3) is 0.455. The average molecular weight is 320 g/mol. The summed E-state index contributed by atoms with van der Waals surface area (Å²) in [5, 5.41) is 6.06. The number of halogens is 1. The molecular formula is C11H14ClN3O4S. The maximum Gasteiger partial charge on any atom is 0.307 e. The van der Waals surface area contributed by atoms with Crippen molar-refractivity contribution in [3.63, 3.8) is 0 Å². The summed E-state index contributed by atoms with van der Waals surface area (Å²) >= 11 is 6.08. The fourth-order valence-electron chi connectivity index (χ4n) is 1.84. The first kappa shape index (κ1) is 15.0. The fourth-order valence-corrected chi connectivity index (χ4v) is 2.50. The Morgan fingerprint density at radius 2 is 2.30 bits per heavy atom. The molecule has 0 bridgehead atoms. The van der Waals surface area contributed by atoms with Crippen LogP contribution in [-0.2, 0) is 19.0 Å². The Labute approximate surface area is 122 Å². The minimum Gasteiger partial charge on any atom is -0.382 e. The molecule has 9 heteroatoms. The van der Waals surface area contributed by atoms with E-state index in [2.05, 4.69) is 10.1 Å². The highest BCUT2D eigenvalue weighted by Gasteiger charge is 2.32. The number of hydrogen-bond acceptors (Lipinski definition) is 7. The third-order valence-corrected chi connectivity index (χ3v) is 3.33. The summed E-state index contributed by atoms with van der Waals surface area (Å²) < 4.78 is 32.3. The van der Waals surface area contributed by atoms with Crippen LogP contribution in [-0.4, -0.2) is 45.3 Å². The second kappa shape index (κ2) is 5.94. The van der Waals surface area contributed by atoms with Gasteiger partial charge in [-0.3, -0.25) is 0 Å². The van der Waals surface area contributed by atoms with Crippen molar-refractivity contribution in [1.29, 1.82) is 0 Å². The van der Waals surface area contributed by atoms with Gasteiger partial charge in [0.25, 0.3) is 0 Å². The molecule has 0 amide bonds. The first-order valence-corrected chi connectivity index (χ1v) is 7.96. The number of hydrazone groups is 1. The molecule has 0 saturated carbocycles. The zero-order valence-corrected chi connectivity index (χ0v) is 12.6. The molecule has 1 atom stereocenters. The number of aromatic nitrogens is 1. The highest BCUT2D eigenvalue weighted by Crippen LogP contribution is 2.29. The van der Waals surface area contributed by atoms with Crippen LogP contribution >= 0.6 is 11.6 Å². The maximum absolute atomic E-state index is 11.2. The highest BCUT2D eigenvalue weighted by atomic mass is 35.5. The van der Waals surface area contributed by atoms with E-state index in [-0.39, 0.29) is 11.9 Å². The molecule has 1 aliphatic rings. The molecule has 2 rings (SSSR count). The Balaban J connectivity index is 2.30. The van der Waals surface area contributed by atoms with Gasteiger partial charge in [0.15, 0.2) is 5.82 Å². The first-order chi connectivity index (χ1) is 9.40. The quantitative estimate of drug-likeness (QED) is 0.777. The topological polar surface area (TPSA) is 81.1 Å². The van der Waals surface area contributed by atoms with Gasteiger partial charge in [-0.15, -0.1) is 5.10 Å². The molecule has 1 unspecified atom stereocenters. The van der Waals surface area contributed by atoms with Gasteiger partial charge in [-0.25, -0.2) is 9.99 Å². The average Bonchev–Trinajstić information content (AvgIpc) is 2.70. The zero-order valence-electron chi connectivity index (χ0n) is 11.0. The summed E-state index contributed by atoms with van der Waals surface area (Å²) in [6.45, 7) is 0.340. The SMILES string of the molecule is COCC1CC(OS(C)(=O)=O)=NN1c1ncccc1Cl. The van der Waals surface area contributed by atoms with Crippen molar-refractivity contribution < 1.29 is 17.3 Å². The van der Waals surface area contributed by atoms with E-state index in [1.165, 1.54) is 5.01 Å². The lowest BCUT2D eigenvalue weighted by atomic mass is 10.2. The van der Waals surface area contributed by atoms with Crippen LogP contribution in [0.1, 0.15) is 6.42 Å². The molecule has 110 valence electrons. The van der Waals surface area contributed by atoms with E-state index in [1.807, 2.05) is 0 Å². The van der Waals surface area contributed by atoms with E-state index >= 15 is 0 Å². The van der Waals surface area contributed by atoms with Gasteiger partial charge in [0.05, 0.1) is 30.3 Å². The van der Waals surface area contributed by atoms with Crippen LogP contribution in [0.3, 0.4) is 0 Å². The van der Waals surface area contributed by atoms with Gasteiger partial charge in [-0.1, -0.05) is 11.6 Å². The van der Waals surface area contributed by atoms with Crippen LogP contribution in [0.15, 0.2) is 23.4 Å². The Kier molecular flexibility index (Phi) is 4.46. The van der Waals surface area contributed by atoms with Crippen LogP contribution in [0.2, 0.25) is 5.02 Å². The Bertz CT molecular complexity index is 620. The van der Waals surface area contributed by atoms with Gasteiger partial charge in [-0.2, -0.15) is 8.42 Å². The van der Waals surface area contributed by atoms with E-state index < -0.39 is 10.1 Å². The standard InChI is InChI=1S/C11H14ClN3O4S/c1-18-7-8-6-10(19-20(2,16)17)14-15(8)11-9(12)4-3-5-13-11/h3-5,8H,6-7H2,1-2H3. The number of anilines is 1. The van der Waals surface area contributed by atoms with Crippen molar-refractivity contribution in [2.45, 2.75) is 12.5 Å². The second-order valence-corrected chi connectivity index (χ2v) is 6.23. The number of rotatable bonds is 4. The molecule has 2 heterocycles. The summed E-state index contributed by atoms with van der Waals surface area (Å²) in [6.07, 6.45) is 2.85. The van der Waals surface area contributed by atoms with Crippen LogP contribution in [0.25, 0.3) is 0 Å².